The molecule has 6 heteroatoms. The van der Waals surface area contributed by atoms with Crippen molar-refractivity contribution in [2.24, 2.45) is 0 Å². The second kappa shape index (κ2) is 5.58. The molecular weight excluding hydrogens is 218 g/mol. The fourth-order valence-electron chi connectivity index (χ4n) is 1.82. The highest BCUT2D eigenvalue weighted by Crippen LogP contribution is 2.10. The van der Waals surface area contributed by atoms with E-state index in [9.17, 15) is 4.79 Å². The molecule has 0 atom stereocenters. The normalized spacial score (nSPS) is 16.4. The van der Waals surface area contributed by atoms with E-state index in [0.717, 1.165) is 38.4 Å². The van der Waals surface area contributed by atoms with Crippen LogP contribution in [0, 0.1) is 0 Å². The van der Waals surface area contributed by atoms with Gasteiger partial charge in [-0.2, -0.15) is 0 Å². The third-order valence-corrected chi connectivity index (χ3v) is 2.77. The van der Waals surface area contributed by atoms with E-state index < -0.39 is 0 Å². The van der Waals surface area contributed by atoms with Crippen LogP contribution >= 0.6 is 0 Å². The van der Waals surface area contributed by atoms with Crippen molar-refractivity contribution in [3.63, 3.8) is 0 Å². The van der Waals surface area contributed by atoms with Gasteiger partial charge in [-0.3, -0.25) is 4.79 Å². The number of anilines is 1. The summed E-state index contributed by atoms with van der Waals surface area (Å²) in [4.78, 5) is 13.5. The Labute approximate surface area is 100 Å². The Hall–Kier alpha value is -1.69. The molecule has 1 amide bonds. The highest BCUT2D eigenvalue weighted by molar-refractivity contribution is 5.91. The van der Waals surface area contributed by atoms with E-state index in [1.807, 2.05) is 6.07 Å². The van der Waals surface area contributed by atoms with Gasteiger partial charge >= 0.3 is 0 Å². The molecule has 0 spiro atoms. The molecule has 92 valence electrons. The van der Waals surface area contributed by atoms with Gasteiger partial charge in [-0.05, 0) is 25.1 Å². The number of amides is 1. The summed E-state index contributed by atoms with van der Waals surface area (Å²) >= 11 is 0. The number of nitrogens with zero attached hydrogens (tertiary/aromatic N) is 3. The lowest BCUT2D eigenvalue weighted by molar-refractivity contribution is 0.0957. The predicted octanol–water partition coefficient (Wildman–Crippen LogP) is -0.364. The molecule has 1 aromatic heterocycles. The fourth-order valence-corrected chi connectivity index (χ4v) is 1.82. The van der Waals surface area contributed by atoms with Crippen molar-refractivity contribution in [3.8, 4) is 0 Å². The molecule has 0 bridgehead atoms. The number of aromatic nitrogens is 2. The smallest absolute Gasteiger partial charge is 0.271 e. The summed E-state index contributed by atoms with van der Waals surface area (Å²) in [6.07, 6.45) is 1.10. The Morgan fingerprint density at radius 3 is 2.94 bits per heavy atom. The van der Waals surface area contributed by atoms with E-state index in [-0.39, 0.29) is 5.91 Å². The van der Waals surface area contributed by atoms with Crippen LogP contribution in [0.1, 0.15) is 16.9 Å². The molecular formula is C11H17N5O. The number of nitrogens with one attached hydrogen (secondary N) is 2. The van der Waals surface area contributed by atoms with E-state index >= 15 is 0 Å². The molecule has 0 radical (unpaired) electrons. The van der Waals surface area contributed by atoms with Crippen LogP contribution in [0.4, 0.5) is 5.82 Å². The van der Waals surface area contributed by atoms with Crippen molar-refractivity contribution in [2.75, 3.05) is 38.1 Å². The van der Waals surface area contributed by atoms with Crippen molar-refractivity contribution in [1.29, 1.82) is 0 Å². The average Bonchev–Trinajstić information content (AvgIpc) is 2.67. The van der Waals surface area contributed by atoms with Crippen LogP contribution in [0.3, 0.4) is 0 Å². The quantitative estimate of drug-likeness (QED) is 0.732. The lowest BCUT2D eigenvalue weighted by atomic mass is 10.3. The third kappa shape index (κ3) is 2.91. The summed E-state index contributed by atoms with van der Waals surface area (Å²) in [5, 5.41) is 13.9. The third-order valence-electron chi connectivity index (χ3n) is 2.77. The average molecular weight is 235 g/mol. The zero-order valence-corrected chi connectivity index (χ0v) is 9.94. The summed E-state index contributed by atoms with van der Waals surface area (Å²) in [7, 11) is 1.58. The van der Waals surface area contributed by atoms with Gasteiger partial charge in [0.2, 0.25) is 0 Å². The minimum atomic E-state index is -0.207. The van der Waals surface area contributed by atoms with Crippen LogP contribution in [0.25, 0.3) is 0 Å². The van der Waals surface area contributed by atoms with Crippen molar-refractivity contribution in [3.05, 3.63) is 17.8 Å². The van der Waals surface area contributed by atoms with E-state index in [2.05, 4.69) is 25.7 Å². The molecule has 0 aromatic carbocycles. The molecule has 1 fully saturated rings. The monoisotopic (exact) mass is 235 g/mol. The molecule has 17 heavy (non-hydrogen) atoms. The SMILES string of the molecule is CNC(=O)c1ccc(N2CCCNCC2)nn1. The number of carbonyl (C=O) groups excluding carboxylic acids is 1. The molecule has 6 nitrogen and oxygen atoms in total. The molecule has 0 aliphatic carbocycles. The lowest BCUT2D eigenvalue weighted by Crippen LogP contribution is -2.29. The number of carbonyl (C=O) groups is 1. The van der Waals surface area contributed by atoms with Crippen LogP contribution in [-0.2, 0) is 0 Å². The summed E-state index contributed by atoms with van der Waals surface area (Å²) in [6, 6.07) is 3.56. The van der Waals surface area contributed by atoms with Gasteiger partial charge in [0.05, 0.1) is 0 Å². The summed E-state index contributed by atoms with van der Waals surface area (Å²) < 4.78 is 0. The van der Waals surface area contributed by atoms with E-state index in [1.54, 1.807) is 13.1 Å². The largest absolute Gasteiger partial charge is 0.354 e. The first kappa shape index (κ1) is 11.8. The van der Waals surface area contributed by atoms with Gasteiger partial charge in [-0.1, -0.05) is 0 Å². The summed E-state index contributed by atoms with van der Waals surface area (Å²) in [5.41, 5.74) is 0.351. The van der Waals surface area contributed by atoms with Crippen LogP contribution in [0.15, 0.2) is 12.1 Å². The van der Waals surface area contributed by atoms with Gasteiger partial charge in [0.1, 0.15) is 0 Å². The first-order valence-electron chi connectivity index (χ1n) is 5.83. The fraction of sp³-hybridized carbons (Fsp3) is 0.545. The number of hydrogen-bond acceptors (Lipinski definition) is 5. The molecule has 1 aromatic rings. The highest BCUT2D eigenvalue weighted by atomic mass is 16.1. The molecule has 1 aliphatic heterocycles. The Morgan fingerprint density at radius 1 is 1.35 bits per heavy atom. The summed E-state index contributed by atoms with van der Waals surface area (Å²) in [5.74, 6) is 0.628. The molecule has 0 saturated carbocycles. The topological polar surface area (TPSA) is 70.2 Å². The molecule has 2 N–H and O–H groups in total. The van der Waals surface area contributed by atoms with E-state index in [0.29, 0.717) is 5.69 Å². The standard InChI is InChI=1S/C11H17N5O/c1-12-11(17)9-3-4-10(15-14-9)16-7-2-5-13-6-8-16/h3-4,13H,2,5-8H2,1H3,(H,12,17). The molecule has 0 unspecified atom stereocenters. The zero-order chi connectivity index (χ0) is 12.1. The lowest BCUT2D eigenvalue weighted by Gasteiger charge is -2.20. The summed E-state index contributed by atoms with van der Waals surface area (Å²) in [6.45, 7) is 3.90. The second-order valence-corrected chi connectivity index (χ2v) is 3.95. The Balaban J connectivity index is 2.08. The van der Waals surface area contributed by atoms with Crippen molar-refractivity contribution < 1.29 is 4.79 Å². The Bertz CT molecular complexity index is 370. The van der Waals surface area contributed by atoms with Crippen LogP contribution in [0.5, 0.6) is 0 Å². The van der Waals surface area contributed by atoms with E-state index in [1.165, 1.54) is 0 Å². The molecule has 2 heterocycles. The van der Waals surface area contributed by atoms with Gasteiger partial charge in [0, 0.05) is 26.7 Å². The maximum atomic E-state index is 11.3. The molecule has 1 aliphatic rings. The molecule has 1 saturated heterocycles. The van der Waals surface area contributed by atoms with Gasteiger partial charge in [0.15, 0.2) is 11.5 Å². The van der Waals surface area contributed by atoms with Gasteiger partial charge in [0.25, 0.3) is 5.91 Å². The van der Waals surface area contributed by atoms with Gasteiger partial charge < -0.3 is 15.5 Å². The van der Waals surface area contributed by atoms with Crippen LogP contribution in [-0.4, -0.2) is 49.3 Å². The van der Waals surface area contributed by atoms with Gasteiger partial charge in [-0.25, -0.2) is 0 Å². The van der Waals surface area contributed by atoms with Crippen LogP contribution in [0.2, 0.25) is 0 Å². The maximum absolute atomic E-state index is 11.3. The van der Waals surface area contributed by atoms with Crippen molar-refractivity contribution >= 4 is 11.7 Å². The second-order valence-electron chi connectivity index (χ2n) is 3.95. The minimum absolute atomic E-state index is 0.207. The van der Waals surface area contributed by atoms with Gasteiger partial charge in [-0.15, -0.1) is 10.2 Å². The number of rotatable bonds is 2. The van der Waals surface area contributed by atoms with E-state index in [4.69, 9.17) is 0 Å². The first-order chi connectivity index (χ1) is 8.31. The number of hydrogen-bond donors (Lipinski definition) is 2. The zero-order valence-electron chi connectivity index (χ0n) is 9.94. The highest BCUT2D eigenvalue weighted by Gasteiger charge is 2.12. The van der Waals surface area contributed by atoms with Crippen LogP contribution < -0.4 is 15.5 Å². The Kier molecular flexibility index (Phi) is 3.87. The maximum Gasteiger partial charge on any atom is 0.271 e. The van der Waals surface area contributed by atoms with Crippen molar-refractivity contribution in [2.45, 2.75) is 6.42 Å². The Morgan fingerprint density at radius 2 is 2.24 bits per heavy atom. The minimum Gasteiger partial charge on any atom is -0.354 e. The predicted molar refractivity (Wildman–Crippen MR) is 65.1 cm³/mol. The van der Waals surface area contributed by atoms with Crippen molar-refractivity contribution in [1.82, 2.24) is 20.8 Å². The molecule has 2 rings (SSSR count). The first-order valence-corrected chi connectivity index (χ1v) is 5.83.